The molecule has 0 spiro atoms. The van der Waals surface area contributed by atoms with Gasteiger partial charge in [-0.15, -0.1) is 10.2 Å². The molecule has 0 aliphatic carbocycles. The molecule has 44 heavy (non-hydrogen) atoms. The van der Waals surface area contributed by atoms with Gasteiger partial charge >= 0.3 is 0 Å². The van der Waals surface area contributed by atoms with E-state index in [9.17, 15) is 0 Å². The summed E-state index contributed by atoms with van der Waals surface area (Å²) in [4.78, 5) is 15.0. The minimum atomic E-state index is 0.544. The van der Waals surface area contributed by atoms with Gasteiger partial charge < -0.3 is 0 Å². The molecule has 0 saturated carbocycles. The molecule has 0 unspecified atom stereocenters. The van der Waals surface area contributed by atoms with E-state index in [0.717, 1.165) is 38.2 Å². The number of aromatic nitrogens is 7. The Labute approximate surface area is 250 Å². The molecule has 0 saturated heterocycles. The standard InChI is InChI=1S/C37H21N7/c1-3-7-24-17-31-19-28(11-9-26(31)15-22(24)5-1)35-38-36(40-37(39-35)30-13-14-33-34(21-30)42-44-43-41-33)29-12-10-27-16-23-6-2-4-8-25(23)18-32(27)20-29/h1-21H. The molecule has 0 aliphatic heterocycles. The minimum absolute atomic E-state index is 0.544. The van der Waals surface area contributed by atoms with Crippen molar-refractivity contribution in [3.05, 3.63) is 127 Å². The largest absolute Gasteiger partial charge is 0.208 e. The molecule has 0 atom stereocenters. The smallest absolute Gasteiger partial charge is 0.164 e. The number of rotatable bonds is 3. The Kier molecular flexibility index (Phi) is 5.36. The van der Waals surface area contributed by atoms with Crippen molar-refractivity contribution in [3.63, 3.8) is 0 Å². The lowest BCUT2D eigenvalue weighted by molar-refractivity contribution is 0.797. The van der Waals surface area contributed by atoms with Gasteiger partial charge in [0.1, 0.15) is 11.0 Å². The van der Waals surface area contributed by atoms with Crippen LogP contribution in [0.25, 0.3) is 88.3 Å². The summed E-state index contributed by atoms with van der Waals surface area (Å²) in [6, 6.07) is 44.1. The molecule has 9 aromatic rings. The van der Waals surface area contributed by atoms with Crippen LogP contribution in [0.4, 0.5) is 0 Å². The third kappa shape index (κ3) is 4.18. The normalized spacial score (nSPS) is 11.6. The second-order valence-corrected chi connectivity index (χ2v) is 10.9. The van der Waals surface area contributed by atoms with Gasteiger partial charge in [-0.3, -0.25) is 0 Å². The highest BCUT2D eigenvalue weighted by molar-refractivity contribution is 6.01. The Morgan fingerprint density at radius 2 is 0.682 bits per heavy atom. The van der Waals surface area contributed by atoms with E-state index in [0.29, 0.717) is 28.5 Å². The Hall–Kier alpha value is -6.21. The summed E-state index contributed by atoms with van der Waals surface area (Å²) in [6.07, 6.45) is 0. The molecule has 2 aromatic heterocycles. The van der Waals surface area contributed by atoms with E-state index in [2.05, 4.69) is 130 Å². The maximum absolute atomic E-state index is 5.03. The lowest BCUT2D eigenvalue weighted by Gasteiger charge is -2.11. The average molecular weight is 564 g/mol. The minimum Gasteiger partial charge on any atom is -0.208 e. The van der Waals surface area contributed by atoms with E-state index >= 15 is 0 Å². The molecule has 7 nitrogen and oxygen atoms in total. The highest BCUT2D eigenvalue weighted by Crippen LogP contribution is 2.31. The summed E-state index contributed by atoms with van der Waals surface area (Å²) in [5.74, 6) is 1.73. The summed E-state index contributed by atoms with van der Waals surface area (Å²) in [5.41, 5.74) is 3.90. The highest BCUT2D eigenvalue weighted by atomic mass is 15.4. The van der Waals surface area contributed by atoms with E-state index < -0.39 is 0 Å². The second-order valence-electron chi connectivity index (χ2n) is 10.9. The van der Waals surface area contributed by atoms with Crippen LogP contribution in [0.3, 0.4) is 0 Å². The van der Waals surface area contributed by atoms with E-state index in [1.54, 1.807) is 0 Å². The van der Waals surface area contributed by atoms with Crippen molar-refractivity contribution in [2.24, 2.45) is 0 Å². The number of hydrogen-bond acceptors (Lipinski definition) is 7. The zero-order valence-corrected chi connectivity index (χ0v) is 23.3. The van der Waals surface area contributed by atoms with Gasteiger partial charge in [0.15, 0.2) is 17.5 Å². The topological polar surface area (TPSA) is 90.2 Å². The van der Waals surface area contributed by atoms with Crippen LogP contribution in [0.2, 0.25) is 0 Å². The molecule has 0 fully saturated rings. The van der Waals surface area contributed by atoms with Gasteiger partial charge in [-0.05, 0) is 108 Å². The van der Waals surface area contributed by atoms with E-state index in [-0.39, 0.29) is 0 Å². The lowest BCUT2D eigenvalue weighted by Crippen LogP contribution is -2.01. The third-order valence-electron chi connectivity index (χ3n) is 8.14. The van der Waals surface area contributed by atoms with Crippen LogP contribution in [-0.2, 0) is 0 Å². The van der Waals surface area contributed by atoms with Crippen molar-refractivity contribution in [2.75, 3.05) is 0 Å². The summed E-state index contributed by atoms with van der Waals surface area (Å²) >= 11 is 0. The fourth-order valence-electron chi connectivity index (χ4n) is 5.89. The summed E-state index contributed by atoms with van der Waals surface area (Å²) in [6.45, 7) is 0. The first-order valence-corrected chi connectivity index (χ1v) is 14.3. The summed E-state index contributed by atoms with van der Waals surface area (Å²) < 4.78 is 0. The van der Waals surface area contributed by atoms with Gasteiger partial charge in [-0.25, -0.2) is 15.0 Å². The second kappa shape index (κ2) is 9.68. The SMILES string of the molecule is c1ccc2cc3cc(-c4nc(-c5ccc6cc7ccccc7cc6c5)nc(-c5ccc6nnnnc6c5)n4)ccc3cc2c1. The highest BCUT2D eigenvalue weighted by Gasteiger charge is 2.15. The van der Waals surface area contributed by atoms with Crippen molar-refractivity contribution in [1.29, 1.82) is 0 Å². The molecule has 0 radical (unpaired) electrons. The van der Waals surface area contributed by atoms with Crippen molar-refractivity contribution in [1.82, 2.24) is 35.6 Å². The van der Waals surface area contributed by atoms with Gasteiger partial charge in [0.05, 0.1) is 0 Å². The van der Waals surface area contributed by atoms with Gasteiger partial charge in [-0.1, -0.05) is 72.8 Å². The van der Waals surface area contributed by atoms with Gasteiger partial charge in [0.2, 0.25) is 0 Å². The van der Waals surface area contributed by atoms with Crippen LogP contribution in [0.15, 0.2) is 127 Å². The van der Waals surface area contributed by atoms with Gasteiger partial charge in [0, 0.05) is 16.7 Å². The Bertz CT molecular complexity index is 2440. The first-order valence-electron chi connectivity index (χ1n) is 14.3. The van der Waals surface area contributed by atoms with Crippen LogP contribution in [0.5, 0.6) is 0 Å². The molecule has 0 amide bonds. The number of nitrogens with zero attached hydrogens (tertiary/aromatic N) is 7. The molecular formula is C37H21N7. The average Bonchev–Trinajstić information content (AvgIpc) is 3.09. The monoisotopic (exact) mass is 563 g/mol. The summed E-state index contributed by atoms with van der Waals surface area (Å²) in [5, 5.41) is 25.0. The quantitative estimate of drug-likeness (QED) is 0.200. The first kappa shape index (κ1) is 24.4. The Balaban J connectivity index is 1.24. The van der Waals surface area contributed by atoms with Gasteiger partial charge in [-0.2, -0.15) is 0 Å². The summed E-state index contributed by atoms with van der Waals surface area (Å²) in [7, 11) is 0. The molecule has 0 aliphatic rings. The molecule has 9 rings (SSSR count). The fraction of sp³-hybridized carbons (Fsp3) is 0. The van der Waals surface area contributed by atoms with Crippen LogP contribution >= 0.6 is 0 Å². The van der Waals surface area contributed by atoms with Crippen LogP contribution in [0.1, 0.15) is 0 Å². The van der Waals surface area contributed by atoms with Crippen LogP contribution < -0.4 is 0 Å². The van der Waals surface area contributed by atoms with Crippen molar-refractivity contribution < 1.29 is 0 Å². The van der Waals surface area contributed by atoms with Gasteiger partial charge in [0.25, 0.3) is 0 Å². The predicted molar refractivity (Wildman–Crippen MR) is 175 cm³/mol. The number of benzene rings is 7. The van der Waals surface area contributed by atoms with Crippen molar-refractivity contribution >= 4 is 54.1 Å². The lowest BCUT2D eigenvalue weighted by atomic mass is 10.0. The molecule has 7 heteroatoms. The van der Waals surface area contributed by atoms with Crippen molar-refractivity contribution in [2.45, 2.75) is 0 Å². The first-order chi connectivity index (χ1) is 21.7. The Morgan fingerprint density at radius 1 is 0.295 bits per heavy atom. The Morgan fingerprint density at radius 3 is 1.18 bits per heavy atom. The zero-order valence-electron chi connectivity index (χ0n) is 23.3. The maximum Gasteiger partial charge on any atom is 0.164 e. The van der Waals surface area contributed by atoms with E-state index in [4.69, 9.17) is 15.0 Å². The maximum atomic E-state index is 5.03. The molecule has 7 aromatic carbocycles. The number of fused-ring (bicyclic) bond motifs is 5. The zero-order chi connectivity index (χ0) is 29.0. The van der Waals surface area contributed by atoms with Crippen LogP contribution in [0, 0.1) is 0 Å². The molecule has 0 N–H and O–H groups in total. The van der Waals surface area contributed by atoms with E-state index in [1.807, 2.05) is 18.2 Å². The number of hydrogen-bond donors (Lipinski definition) is 0. The van der Waals surface area contributed by atoms with E-state index in [1.165, 1.54) is 21.5 Å². The molecule has 0 bridgehead atoms. The molecule has 2 heterocycles. The van der Waals surface area contributed by atoms with Crippen LogP contribution in [-0.4, -0.2) is 35.6 Å². The molecular weight excluding hydrogens is 542 g/mol. The molecule has 204 valence electrons. The van der Waals surface area contributed by atoms with Crippen molar-refractivity contribution in [3.8, 4) is 34.2 Å². The predicted octanol–water partition coefficient (Wildman–Crippen LogP) is 8.22. The third-order valence-corrected chi connectivity index (χ3v) is 8.14. The fourth-order valence-corrected chi connectivity index (χ4v) is 5.89.